The highest BCUT2D eigenvalue weighted by molar-refractivity contribution is 5.94. The Balaban J connectivity index is 1.41. The number of hydrogen-bond donors (Lipinski definition) is 1. The van der Waals surface area contributed by atoms with Gasteiger partial charge in [-0.1, -0.05) is 45.4 Å². The highest BCUT2D eigenvalue weighted by Gasteiger charge is 2.32. The topological polar surface area (TPSA) is 58.6 Å². The van der Waals surface area contributed by atoms with E-state index in [1.165, 1.54) is 12.8 Å². The summed E-state index contributed by atoms with van der Waals surface area (Å²) in [6.45, 7) is 8.27. The number of benzene rings is 1. The van der Waals surface area contributed by atoms with E-state index in [4.69, 9.17) is 4.74 Å². The van der Waals surface area contributed by atoms with E-state index in [0.717, 1.165) is 24.8 Å². The van der Waals surface area contributed by atoms with Gasteiger partial charge >= 0.3 is 0 Å². The molecule has 1 saturated carbocycles. The zero-order valence-electron chi connectivity index (χ0n) is 18.1. The number of nitrogens with one attached hydrogen (secondary N) is 1. The highest BCUT2D eigenvalue weighted by atomic mass is 16.5. The van der Waals surface area contributed by atoms with Gasteiger partial charge in [0.15, 0.2) is 0 Å². The standard InChI is InChI=1S/C24H36N2O3/c1-17(2)21-10-9-18(3)15-22(21)29-16-23(27)25-20-11-13-26(14-12-20)24(28)19-7-5-4-6-8-19/h4-8,17-18,20-22H,9-16H2,1-3H3,(H,25,27)/t18-,21+,22+/m0/s1. The van der Waals surface area contributed by atoms with Crippen molar-refractivity contribution in [2.24, 2.45) is 17.8 Å². The molecule has 0 spiro atoms. The van der Waals surface area contributed by atoms with Crippen LogP contribution in [0.25, 0.3) is 0 Å². The minimum atomic E-state index is -0.0291. The predicted molar refractivity (Wildman–Crippen MR) is 115 cm³/mol. The lowest BCUT2D eigenvalue weighted by Crippen LogP contribution is -2.47. The van der Waals surface area contributed by atoms with Crippen LogP contribution in [0.15, 0.2) is 30.3 Å². The molecule has 5 heteroatoms. The van der Waals surface area contributed by atoms with Crippen molar-refractivity contribution in [3.8, 4) is 0 Å². The Morgan fingerprint density at radius 1 is 1.10 bits per heavy atom. The number of hydrogen-bond acceptors (Lipinski definition) is 3. The van der Waals surface area contributed by atoms with Crippen LogP contribution in [-0.2, 0) is 9.53 Å². The molecule has 1 aromatic carbocycles. The smallest absolute Gasteiger partial charge is 0.253 e. The first-order valence-corrected chi connectivity index (χ1v) is 11.2. The van der Waals surface area contributed by atoms with Gasteiger partial charge < -0.3 is 15.0 Å². The average molecular weight is 401 g/mol. The van der Waals surface area contributed by atoms with Crippen LogP contribution in [0.5, 0.6) is 0 Å². The Bertz CT molecular complexity index is 668. The van der Waals surface area contributed by atoms with Gasteiger partial charge in [-0.2, -0.15) is 0 Å². The number of amides is 2. The minimum absolute atomic E-state index is 0.0291. The third-order valence-corrected chi connectivity index (χ3v) is 6.56. The van der Waals surface area contributed by atoms with Crippen LogP contribution in [0.3, 0.4) is 0 Å². The van der Waals surface area contributed by atoms with Crippen molar-refractivity contribution in [2.45, 2.75) is 65.0 Å². The quantitative estimate of drug-likeness (QED) is 0.788. The molecule has 160 valence electrons. The summed E-state index contributed by atoms with van der Waals surface area (Å²) in [7, 11) is 0. The Morgan fingerprint density at radius 3 is 2.45 bits per heavy atom. The van der Waals surface area contributed by atoms with Crippen LogP contribution in [0.1, 0.15) is 63.2 Å². The molecule has 5 nitrogen and oxygen atoms in total. The molecular formula is C24H36N2O3. The second-order valence-corrected chi connectivity index (χ2v) is 9.18. The summed E-state index contributed by atoms with van der Waals surface area (Å²) >= 11 is 0. The zero-order chi connectivity index (χ0) is 20.8. The van der Waals surface area contributed by atoms with Gasteiger partial charge in [-0.25, -0.2) is 0 Å². The highest BCUT2D eigenvalue weighted by Crippen LogP contribution is 2.35. The fraction of sp³-hybridized carbons (Fsp3) is 0.667. The number of likely N-dealkylation sites (tertiary alicyclic amines) is 1. The molecule has 3 atom stereocenters. The Labute approximate surface area is 175 Å². The van der Waals surface area contributed by atoms with Crippen molar-refractivity contribution in [2.75, 3.05) is 19.7 Å². The summed E-state index contributed by atoms with van der Waals surface area (Å²) in [5, 5.41) is 3.11. The molecule has 1 aliphatic carbocycles. The van der Waals surface area contributed by atoms with Gasteiger partial charge in [-0.05, 0) is 55.6 Å². The van der Waals surface area contributed by atoms with Crippen molar-refractivity contribution in [1.82, 2.24) is 10.2 Å². The molecule has 2 amide bonds. The first-order valence-electron chi connectivity index (χ1n) is 11.2. The molecule has 1 aromatic rings. The number of nitrogens with zero attached hydrogens (tertiary/aromatic N) is 1. The van der Waals surface area contributed by atoms with E-state index in [-0.39, 0.29) is 30.6 Å². The van der Waals surface area contributed by atoms with E-state index >= 15 is 0 Å². The van der Waals surface area contributed by atoms with Crippen molar-refractivity contribution >= 4 is 11.8 Å². The van der Waals surface area contributed by atoms with E-state index in [2.05, 4.69) is 26.1 Å². The van der Waals surface area contributed by atoms with E-state index in [1.54, 1.807) is 0 Å². The molecule has 0 bridgehead atoms. The van der Waals surface area contributed by atoms with Crippen LogP contribution < -0.4 is 5.32 Å². The second kappa shape index (κ2) is 10.2. The predicted octanol–water partition coefficient (Wildman–Crippen LogP) is 3.88. The first kappa shape index (κ1) is 21.8. The Morgan fingerprint density at radius 2 is 1.79 bits per heavy atom. The van der Waals surface area contributed by atoms with E-state index in [0.29, 0.717) is 30.8 Å². The summed E-state index contributed by atoms with van der Waals surface area (Å²) in [6.07, 6.45) is 5.28. The maximum atomic E-state index is 12.5. The van der Waals surface area contributed by atoms with Crippen LogP contribution in [-0.4, -0.2) is 48.6 Å². The molecule has 2 fully saturated rings. The van der Waals surface area contributed by atoms with Gasteiger partial charge in [0.2, 0.25) is 5.91 Å². The van der Waals surface area contributed by atoms with Gasteiger partial charge in [-0.15, -0.1) is 0 Å². The van der Waals surface area contributed by atoms with E-state index in [1.807, 2.05) is 35.2 Å². The molecule has 1 N–H and O–H groups in total. The largest absolute Gasteiger partial charge is 0.368 e. The van der Waals surface area contributed by atoms with Crippen molar-refractivity contribution < 1.29 is 14.3 Å². The van der Waals surface area contributed by atoms with Gasteiger partial charge in [0.1, 0.15) is 6.61 Å². The molecule has 1 aliphatic heterocycles. The van der Waals surface area contributed by atoms with Crippen LogP contribution >= 0.6 is 0 Å². The van der Waals surface area contributed by atoms with Crippen molar-refractivity contribution in [1.29, 1.82) is 0 Å². The lowest BCUT2D eigenvalue weighted by molar-refractivity contribution is -0.132. The van der Waals surface area contributed by atoms with Crippen LogP contribution in [0.2, 0.25) is 0 Å². The molecule has 1 saturated heterocycles. The number of ether oxygens (including phenoxy) is 1. The summed E-state index contributed by atoms with van der Waals surface area (Å²) < 4.78 is 6.07. The third-order valence-electron chi connectivity index (χ3n) is 6.56. The lowest BCUT2D eigenvalue weighted by atomic mass is 9.75. The molecule has 0 aromatic heterocycles. The molecule has 29 heavy (non-hydrogen) atoms. The lowest BCUT2D eigenvalue weighted by Gasteiger charge is -2.37. The van der Waals surface area contributed by atoms with Crippen LogP contribution in [0, 0.1) is 17.8 Å². The van der Waals surface area contributed by atoms with Gasteiger partial charge in [0.05, 0.1) is 6.10 Å². The van der Waals surface area contributed by atoms with Crippen LogP contribution in [0.4, 0.5) is 0 Å². The van der Waals surface area contributed by atoms with Crippen molar-refractivity contribution in [3.63, 3.8) is 0 Å². The monoisotopic (exact) mass is 400 g/mol. The zero-order valence-corrected chi connectivity index (χ0v) is 18.1. The summed E-state index contributed by atoms with van der Waals surface area (Å²) in [4.78, 5) is 26.8. The van der Waals surface area contributed by atoms with Gasteiger partial charge in [-0.3, -0.25) is 9.59 Å². The second-order valence-electron chi connectivity index (χ2n) is 9.18. The Kier molecular flexibility index (Phi) is 7.70. The molecule has 3 rings (SSSR count). The van der Waals surface area contributed by atoms with E-state index < -0.39 is 0 Å². The molecule has 2 aliphatic rings. The maximum Gasteiger partial charge on any atom is 0.253 e. The average Bonchev–Trinajstić information content (AvgIpc) is 2.73. The number of carbonyl (C=O) groups excluding carboxylic acids is 2. The number of rotatable bonds is 6. The van der Waals surface area contributed by atoms with Crippen molar-refractivity contribution in [3.05, 3.63) is 35.9 Å². The number of piperidine rings is 1. The summed E-state index contributed by atoms with van der Waals surface area (Å²) in [5.41, 5.74) is 0.727. The number of carbonyl (C=O) groups is 2. The summed E-state index contributed by atoms with van der Waals surface area (Å²) in [6, 6.07) is 9.51. The fourth-order valence-electron chi connectivity index (χ4n) is 4.75. The molecule has 0 radical (unpaired) electrons. The minimum Gasteiger partial charge on any atom is -0.368 e. The Hall–Kier alpha value is -1.88. The fourth-order valence-corrected chi connectivity index (χ4v) is 4.75. The van der Waals surface area contributed by atoms with E-state index in [9.17, 15) is 9.59 Å². The maximum absolute atomic E-state index is 12.5. The molecule has 0 unspecified atom stereocenters. The third kappa shape index (κ3) is 6.05. The van der Waals surface area contributed by atoms with Gasteiger partial charge in [0, 0.05) is 24.7 Å². The summed E-state index contributed by atoms with van der Waals surface area (Å²) in [5.74, 6) is 1.85. The molecule has 1 heterocycles. The molecular weight excluding hydrogens is 364 g/mol. The van der Waals surface area contributed by atoms with Gasteiger partial charge in [0.25, 0.3) is 5.91 Å². The first-order chi connectivity index (χ1) is 13.9. The normalized spacial score (nSPS) is 25.8. The SMILES string of the molecule is CC(C)[C@H]1CC[C@H](C)C[C@H]1OCC(=O)NC1CCN(C(=O)c2ccccc2)CC1.